The van der Waals surface area contributed by atoms with Gasteiger partial charge in [0.2, 0.25) is 5.88 Å². The molecule has 7 heteroatoms. The molecule has 0 saturated carbocycles. The third kappa shape index (κ3) is 3.71. The van der Waals surface area contributed by atoms with E-state index in [-0.39, 0.29) is 17.0 Å². The van der Waals surface area contributed by atoms with Gasteiger partial charge in [-0.25, -0.2) is 10.2 Å². The standard InChI is InChI=1S/C27H23N3O4/c1-16(28-29-25(31)19-8-5-9-20(14-19)27(33)34)24-22-10-2-3-11-23(22)30(26(24)32)21-13-12-17-6-4-7-18(17)15-21/h2-3,5,8-15,32H,4,6-7H2,1H3,(H,29,31)(H,33,34). The Bertz CT molecular complexity index is 1480. The zero-order valence-electron chi connectivity index (χ0n) is 18.6. The van der Waals surface area contributed by atoms with Crippen molar-refractivity contribution in [1.82, 2.24) is 9.99 Å². The van der Waals surface area contributed by atoms with Crippen LogP contribution in [-0.4, -0.2) is 32.4 Å². The van der Waals surface area contributed by atoms with Crippen molar-refractivity contribution >= 4 is 28.5 Å². The molecule has 34 heavy (non-hydrogen) atoms. The number of benzene rings is 3. The maximum Gasteiger partial charge on any atom is 0.335 e. The van der Waals surface area contributed by atoms with E-state index >= 15 is 0 Å². The lowest BCUT2D eigenvalue weighted by Crippen LogP contribution is -2.19. The van der Waals surface area contributed by atoms with E-state index in [9.17, 15) is 14.7 Å². The predicted octanol–water partition coefficient (Wildman–Crippen LogP) is 4.68. The van der Waals surface area contributed by atoms with E-state index in [0.29, 0.717) is 11.3 Å². The quantitative estimate of drug-likeness (QED) is 0.302. The average Bonchev–Trinajstić information content (AvgIpc) is 3.43. The molecule has 0 atom stereocenters. The molecule has 0 spiro atoms. The molecule has 1 amide bonds. The summed E-state index contributed by atoms with van der Waals surface area (Å²) in [7, 11) is 0. The number of aromatic hydroxyl groups is 1. The molecule has 3 aromatic carbocycles. The Labute approximate surface area is 196 Å². The minimum atomic E-state index is -1.11. The number of amides is 1. The van der Waals surface area contributed by atoms with E-state index in [1.807, 2.05) is 30.3 Å². The smallest absolute Gasteiger partial charge is 0.335 e. The molecule has 1 aliphatic rings. The first-order valence-electron chi connectivity index (χ1n) is 11.1. The van der Waals surface area contributed by atoms with Crippen LogP contribution in [0.2, 0.25) is 0 Å². The number of hydrogen-bond acceptors (Lipinski definition) is 4. The lowest BCUT2D eigenvalue weighted by molar-refractivity contribution is 0.0697. The van der Waals surface area contributed by atoms with Crippen LogP contribution < -0.4 is 5.43 Å². The van der Waals surface area contributed by atoms with E-state index in [1.165, 1.54) is 35.4 Å². The van der Waals surface area contributed by atoms with Crippen molar-refractivity contribution in [3.8, 4) is 11.6 Å². The van der Waals surface area contributed by atoms with Crippen LogP contribution in [0.25, 0.3) is 16.6 Å². The number of carbonyl (C=O) groups is 2. The van der Waals surface area contributed by atoms with E-state index in [1.54, 1.807) is 11.5 Å². The highest BCUT2D eigenvalue weighted by atomic mass is 16.4. The van der Waals surface area contributed by atoms with Crippen LogP contribution >= 0.6 is 0 Å². The number of carboxylic acid groups (broad SMARTS) is 1. The van der Waals surface area contributed by atoms with Gasteiger partial charge >= 0.3 is 5.97 Å². The van der Waals surface area contributed by atoms with Gasteiger partial charge in [0, 0.05) is 16.6 Å². The molecule has 0 unspecified atom stereocenters. The van der Waals surface area contributed by atoms with E-state index in [4.69, 9.17) is 5.11 Å². The molecule has 7 nitrogen and oxygen atoms in total. The van der Waals surface area contributed by atoms with Crippen molar-refractivity contribution in [1.29, 1.82) is 0 Å². The number of nitrogens with one attached hydrogen (secondary N) is 1. The van der Waals surface area contributed by atoms with Crippen LogP contribution in [0.1, 0.15) is 50.8 Å². The zero-order valence-corrected chi connectivity index (χ0v) is 18.6. The molecule has 3 N–H and O–H groups in total. The SMILES string of the molecule is CC(=NNC(=O)c1cccc(C(=O)O)c1)c1c(O)n(-c2ccc3c(c2)CCC3)c2ccccc12. The van der Waals surface area contributed by atoms with Gasteiger partial charge in [0.15, 0.2) is 0 Å². The fraction of sp³-hybridized carbons (Fsp3) is 0.148. The number of para-hydroxylation sites is 1. The molecule has 1 heterocycles. The number of rotatable bonds is 5. The number of aryl methyl sites for hydroxylation is 2. The molecular weight excluding hydrogens is 430 g/mol. The number of fused-ring (bicyclic) bond motifs is 2. The molecule has 0 aliphatic heterocycles. The number of aromatic carboxylic acids is 1. The molecule has 0 radical (unpaired) electrons. The van der Waals surface area contributed by atoms with Gasteiger partial charge in [0.05, 0.1) is 22.4 Å². The Morgan fingerprint density at radius 1 is 0.941 bits per heavy atom. The Hall–Kier alpha value is -4.39. The highest BCUT2D eigenvalue weighted by molar-refractivity contribution is 6.13. The maximum atomic E-state index is 12.6. The first kappa shape index (κ1) is 21.5. The summed E-state index contributed by atoms with van der Waals surface area (Å²) in [5.41, 5.74) is 7.99. The topological polar surface area (TPSA) is 104 Å². The number of carboxylic acids is 1. The van der Waals surface area contributed by atoms with Gasteiger partial charge in [0.1, 0.15) is 0 Å². The van der Waals surface area contributed by atoms with Gasteiger partial charge in [-0.1, -0.05) is 30.3 Å². The second-order valence-electron chi connectivity index (χ2n) is 8.38. The second kappa shape index (κ2) is 8.51. The fourth-order valence-electron chi connectivity index (χ4n) is 4.59. The highest BCUT2D eigenvalue weighted by Crippen LogP contribution is 2.36. The summed E-state index contributed by atoms with van der Waals surface area (Å²) in [6, 6.07) is 19.7. The summed E-state index contributed by atoms with van der Waals surface area (Å²) in [4.78, 5) is 23.7. The van der Waals surface area contributed by atoms with Crippen LogP contribution in [0, 0.1) is 0 Å². The average molecular weight is 453 g/mol. The first-order valence-corrected chi connectivity index (χ1v) is 11.1. The predicted molar refractivity (Wildman–Crippen MR) is 130 cm³/mol. The highest BCUT2D eigenvalue weighted by Gasteiger charge is 2.21. The van der Waals surface area contributed by atoms with Crippen LogP contribution in [0.5, 0.6) is 5.88 Å². The van der Waals surface area contributed by atoms with Gasteiger partial charge in [0.25, 0.3) is 5.91 Å². The summed E-state index contributed by atoms with van der Waals surface area (Å²) in [5, 5.41) is 25.4. The van der Waals surface area contributed by atoms with Gasteiger partial charge in [-0.3, -0.25) is 9.36 Å². The fourth-order valence-corrected chi connectivity index (χ4v) is 4.59. The number of carbonyl (C=O) groups excluding carboxylic acids is 1. The molecule has 0 bridgehead atoms. The Morgan fingerprint density at radius 3 is 2.53 bits per heavy atom. The largest absolute Gasteiger partial charge is 0.494 e. The van der Waals surface area contributed by atoms with Gasteiger partial charge in [-0.15, -0.1) is 0 Å². The molecular formula is C27H23N3O4. The lowest BCUT2D eigenvalue weighted by Gasteiger charge is -2.10. The van der Waals surface area contributed by atoms with Crippen LogP contribution in [0.15, 0.2) is 71.8 Å². The van der Waals surface area contributed by atoms with Crippen molar-refractivity contribution in [2.45, 2.75) is 26.2 Å². The van der Waals surface area contributed by atoms with Gasteiger partial charge in [-0.05, 0) is 73.7 Å². The Morgan fingerprint density at radius 2 is 1.71 bits per heavy atom. The summed E-state index contributed by atoms with van der Waals surface area (Å²) in [6.07, 6.45) is 3.26. The van der Waals surface area contributed by atoms with Gasteiger partial charge in [-0.2, -0.15) is 5.10 Å². The van der Waals surface area contributed by atoms with E-state index < -0.39 is 11.9 Å². The van der Waals surface area contributed by atoms with Gasteiger partial charge < -0.3 is 10.2 Å². The lowest BCUT2D eigenvalue weighted by atomic mass is 10.1. The maximum absolute atomic E-state index is 12.6. The number of aromatic nitrogens is 1. The molecule has 1 aliphatic carbocycles. The van der Waals surface area contributed by atoms with Crippen molar-refractivity contribution in [3.63, 3.8) is 0 Å². The molecule has 0 fully saturated rings. The third-order valence-corrected chi connectivity index (χ3v) is 6.25. The molecule has 4 aromatic rings. The summed E-state index contributed by atoms with van der Waals surface area (Å²) >= 11 is 0. The van der Waals surface area contributed by atoms with E-state index in [2.05, 4.69) is 22.7 Å². The van der Waals surface area contributed by atoms with Crippen LogP contribution in [0.3, 0.4) is 0 Å². The zero-order chi connectivity index (χ0) is 23.8. The van der Waals surface area contributed by atoms with Crippen molar-refractivity contribution < 1.29 is 19.8 Å². The van der Waals surface area contributed by atoms with Crippen molar-refractivity contribution in [2.75, 3.05) is 0 Å². The molecule has 1 aromatic heterocycles. The normalized spacial score (nSPS) is 13.1. The monoisotopic (exact) mass is 453 g/mol. The number of hydrazone groups is 1. The molecule has 5 rings (SSSR count). The second-order valence-corrected chi connectivity index (χ2v) is 8.38. The van der Waals surface area contributed by atoms with Crippen molar-refractivity contribution in [2.24, 2.45) is 5.10 Å². The van der Waals surface area contributed by atoms with Crippen LogP contribution in [-0.2, 0) is 12.8 Å². The minimum absolute atomic E-state index is 0.0170. The Kier molecular flexibility index (Phi) is 5.37. The van der Waals surface area contributed by atoms with E-state index in [0.717, 1.165) is 35.9 Å². The molecule has 0 saturated heterocycles. The molecule has 170 valence electrons. The third-order valence-electron chi connectivity index (χ3n) is 6.25. The summed E-state index contributed by atoms with van der Waals surface area (Å²) in [5.74, 6) is -1.61. The summed E-state index contributed by atoms with van der Waals surface area (Å²) < 4.78 is 1.81. The van der Waals surface area contributed by atoms with Crippen LogP contribution in [0.4, 0.5) is 0 Å². The minimum Gasteiger partial charge on any atom is -0.494 e. The Balaban J connectivity index is 1.52. The number of nitrogens with zero attached hydrogens (tertiary/aromatic N) is 2. The summed E-state index contributed by atoms with van der Waals surface area (Å²) in [6.45, 7) is 1.71. The van der Waals surface area contributed by atoms with Crippen molar-refractivity contribution in [3.05, 3.63) is 94.5 Å². The number of hydrogen-bond donors (Lipinski definition) is 3. The first-order chi connectivity index (χ1) is 16.4.